The van der Waals surface area contributed by atoms with Crippen LogP contribution in [0.5, 0.6) is 0 Å². The molecule has 106 valence electrons. The first-order valence-electron chi connectivity index (χ1n) is 6.55. The summed E-state index contributed by atoms with van der Waals surface area (Å²) in [4.78, 5) is 19.1. The van der Waals surface area contributed by atoms with Gasteiger partial charge in [0.1, 0.15) is 5.82 Å². The van der Waals surface area contributed by atoms with Crippen molar-refractivity contribution < 1.29 is 4.79 Å². The fourth-order valence-corrected chi connectivity index (χ4v) is 1.80. The number of carbonyl (C=O) groups is 1. The zero-order chi connectivity index (χ0) is 14.8. The minimum atomic E-state index is -0.253. The Bertz CT molecular complexity index is 593. The lowest BCUT2D eigenvalue weighted by atomic mass is 10.1. The third kappa shape index (κ3) is 3.85. The largest absolute Gasteiger partial charge is 0.342 e. The fourth-order valence-electron chi connectivity index (χ4n) is 1.80. The maximum absolute atomic E-state index is 11.7. The number of carbonyl (C=O) groups excluding carboxylic acids is 1. The van der Waals surface area contributed by atoms with Crippen LogP contribution in [0.1, 0.15) is 26.6 Å². The van der Waals surface area contributed by atoms with Gasteiger partial charge < -0.3 is 15.6 Å². The van der Waals surface area contributed by atoms with Gasteiger partial charge in [-0.05, 0) is 45.4 Å². The van der Waals surface area contributed by atoms with E-state index in [1.165, 1.54) is 0 Å². The Morgan fingerprint density at radius 2 is 1.85 bits per heavy atom. The van der Waals surface area contributed by atoms with Gasteiger partial charge in [0.15, 0.2) is 0 Å². The van der Waals surface area contributed by atoms with Gasteiger partial charge >= 0.3 is 6.03 Å². The van der Waals surface area contributed by atoms with Crippen LogP contribution in [0.15, 0.2) is 30.5 Å². The molecule has 0 radical (unpaired) electrons. The predicted molar refractivity (Wildman–Crippen MR) is 80.7 cm³/mol. The van der Waals surface area contributed by atoms with Crippen molar-refractivity contribution in [2.24, 2.45) is 0 Å². The predicted octanol–water partition coefficient (Wildman–Crippen LogP) is 3.31. The van der Waals surface area contributed by atoms with Gasteiger partial charge in [-0.15, -0.1) is 0 Å². The van der Waals surface area contributed by atoms with Crippen molar-refractivity contribution in [1.29, 1.82) is 0 Å². The number of urea groups is 1. The Hall–Kier alpha value is -2.30. The molecule has 5 heteroatoms. The van der Waals surface area contributed by atoms with Crippen LogP contribution < -0.4 is 10.6 Å². The number of anilines is 1. The molecule has 3 N–H and O–H groups in total. The standard InChI is InChI=1S/C15H20N4O/c1-10-16-9-13(17-10)11-5-7-12(8-6-11)18-14(20)19-15(2,3)4/h5-9H,1-4H3,(H,16,17)(H2,18,19,20). The van der Waals surface area contributed by atoms with Gasteiger partial charge in [-0.1, -0.05) is 12.1 Å². The number of aromatic nitrogens is 2. The number of imidazole rings is 1. The first-order chi connectivity index (χ1) is 9.33. The molecule has 0 atom stereocenters. The third-order valence-electron chi connectivity index (χ3n) is 2.65. The summed E-state index contributed by atoms with van der Waals surface area (Å²) >= 11 is 0. The minimum Gasteiger partial charge on any atom is -0.342 e. The van der Waals surface area contributed by atoms with E-state index in [-0.39, 0.29) is 11.6 Å². The molecule has 0 spiro atoms. The molecule has 0 unspecified atom stereocenters. The lowest BCUT2D eigenvalue weighted by Crippen LogP contribution is -2.43. The van der Waals surface area contributed by atoms with Gasteiger partial charge in [0.05, 0.1) is 11.9 Å². The molecule has 1 heterocycles. The second-order valence-electron chi connectivity index (χ2n) is 5.79. The normalized spacial score (nSPS) is 11.2. The molecule has 0 saturated heterocycles. The van der Waals surface area contributed by atoms with Gasteiger partial charge in [0, 0.05) is 11.2 Å². The second-order valence-corrected chi connectivity index (χ2v) is 5.79. The van der Waals surface area contributed by atoms with Crippen LogP contribution in [0.4, 0.5) is 10.5 Å². The number of amides is 2. The number of aryl methyl sites for hydroxylation is 1. The van der Waals surface area contributed by atoms with Gasteiger partial charge in [-0.2, -0.15) is 0 Å². The van der Waals surface area contributed by atoms with Crippen LogP contribution in [0.25, 0.3) is 11.3 Å². The van der Waals surface area contributed by atoms with E-state index in [9.17, 15) is 4.79 Å². The van der Waals surface area contributed by atoms with E-state index in [0.29, 0.717) is 0 Å². The Balaban J connectivity index is 2.03. The van der Waals surface area contributed by atoms with Crippen molar-refractivity contribution in [3.05, 3.63) is 36.3 Å². The number of hydrogen-bond acceptors (Lipinski definition) is 2. The molecule has 0 aliphatic rings. The van der Waals surface area contributed by atoms with Crippen LogP contribution in [0.2, 0.25) is 0 Å². The Kier molecular flexibility index (Phi) is 3.79. The maximum Gasteiger partial charge on any atom is 0.319 e. The van der Waals surface area contributed by atoms with E-state index < -0.39 is 0 Å². The highest BCUT2D eigenvalue weighted by molar-refractivity contribution is 5.89. The third-order valence-corrected chi connectivity index (χ3v) is 2.65. The average Bonchev–Trinajstić information content (AvgIpc) is 2.74. The number of nitrogens with one attached hydrogen (secondary N) is 3. The first-order valence-corrected chi connectivity index (χ1v) is 6.55. The summed E-state index contributed by atoms with van der Waals surface area (Å²) in [7, 11) is 0. The molecule has 0 aliphatic heterocycles. The SMILES string of the molecule is Cc1ncc(-c2ccc(NC(=O)NC(C)(C)C)cc2)[nH]1. The molecule has 0 bridgehead atoms. The highest BCUT2D eigenvalue weighted by Gasteiger charge is 2.13. The molecule has 20 heavy (non-hydrogen) atoms. The second kappa shape index (κ2) is 5.36. The van der Waals surface area contributed by atoms with Crippen molar-refractivity contribution in [2.45, 2.75) is 33.2 Å². The number of aromatic amines is 1. The van der Waals surface area contributed by atoms with Crippen molar-refractivity contribution in [3.8, 4) is 11.3 Å². The molecule has 0 aliphatic carbocycles. The van der Waals surface area contributed by atoms with E-state index in [2.05, 4.69) is 20.6 Å². The van der Waals surface area contributed by atoms with E-state index in [4.69, 9.17) is 0 Å². The number of rotatable bonds is 2. The number of hydrogen-bond donors (Lipinski definition) is 3. The molecular weight excluding hydrogens is 252 g/mol. The van der Waals surface area contributed by atoms with Crippen LogP contribution in [-0.2, 0) is 0 Å². The number of H-pyrrole nitrogens is 1. The average molecular weight is 272 g/mol. The molecule has 0 saturated carbocycles. The Labute approximate surface area is 118 Å². The summed E-state index contributed by atoms with van der Waals surface area (Å²) in [5.41, 5.74) is 2.50. The molecule has 2 amide bonds. The van der Waals surface area contributed by atoms with Crippen molar-refractivity contribution in [1.82, 2.24) is 15.3 Å². The smallest absolute Gasteiger partial charge is 0.319 e. The minimum absolute atomic E-state index is 0.206. The van der Waals surface area contributed by atoms with Crippen LogP contribution >= 0.6 is 0 Å². The van der Waals surface area contributed by atoms with Crippen molar-refractivity contribution in [2.75, 3.05) is 5.32 Å². The van der Waals surface area contributed by atoms with Crippen LogP contribution in [0.3, 0.4) is 0 Å². The summed E-state index contributed by atoms with van der Waals surface area (Å²) < 4.78 is 0. The quantitative estimate of drug-likeness (QED) is 0.785. The molecule has 1 aromatic heterocycles. The topological polar surface area (TPSA) is 69.8 Å². The Morgan fingerprint density at radius 3 is 2.35 bits per heavy atom. The van der Waals surface area contributed by atoms with Gasteiger partial charge in [-0.25, -0.2) is 9.78 Å². The maximum atomic E-state index is 11.7. The van der Waals surface area contributed by atoms with Crippen molar-refractivity contribution in [3.63, 3.8) is 0 Å². The Morgan fingerprint density at radius 1 is 1.20 bits per heavy atom. The lowest BCUT2D eigenvalue weighted by Gasteiger charge is -2.20. The van der Waals surface area contributed by atoms with Gasteiger partial charge in [-0.3, -0.25) is 0 Å². The lowest BCUT2D eigenvalue weighted by molar-refractivity contribution is 0.244. The molecule has 5 nitrogen and oxygen atoms in total. The molecular formula is C15H20N4O. The fraction of sp³-hybridized carbons (Fsp3) is 0.333. The molecule has 1 aromatic carbocycles. The summed E-state index contributed by atoms with van der Waals surface area (Å²) in [6.07, 6.45) is 1.80. The summed E-state index contributed by atoms with van der Waals surface area (Å²) in [6.45, 7) is 7.74. The summed E-state index contributed by atoms with van der Waals surface area (Å²) in [5.74, 6) is 0.881. The first kappa shape index (κ1) is 14.1. The van der Waals surface area contributed by atoms with Gasteiger partial charge in [0.2, 0.25) is 0 Å². The highest BCUT2D eigenvalue weighted by atomic mass is 16.2. The van der Waals surface area contributed by atoms with Crippen LogP contribution in [0, 0.1) is 6.92 Å². The number of nitrogens with zero attached hydrogens (tertiary/aromatic N) is 1. The van der Waals surface area contributed by atoms with Gasteiger partial charge in [0.25, 0.3) is 0 Å². The summed E-state index contributed by atoms with van der Waals surface area (Å²) in [5, 5.41) is 5.66. The van der Waals surface area contributed by atoms with E-state index in [1.807, 2.05) is 52.0 Å². The van der Waals surface area contributed by atoms with E-state index in [1.54, 1.807) is 6.20 Å². The molecule has 2 aromatic rings. The molecule has 0 fully saturated rings. The zero-order valence-electron chi connectivity index (χ0n) is 12.2. The molecule has 2 rings (SSSR count). The zero-order valence-corrected chi connectivity index (χ0v) is 12.2. The monoisotopic (exact) mass is 272 g/mol. The summed E-state index contributed by atoms with van der Waals surface area (Å²) in [6, 6.07) is 7.42. The van der Waals surface area contributed by atoms with E-state index >= 15 is 0 Å². The van der Waals surface area contributed by atoms with E-state index in [0.717, 1.165) is 22.8 Å². The number of benzene rings is 1. The van der Waals surface area contributed by atoms with Crippen LogP contribution in [-0.4, -0.2) is 21.5 Å². The highest BCUT2D eigenvalue weighted by Crippen LogP contribution is 2.19. The van der Waals surface area contributed by atoms with Crippen molar-refractivity contribution >= 4 is 11.7 Å².